The Labute approximate surface area is 163 Å². The number of aryl methyl sites for hydroxylation is 1. The molecule has 0 aromatic carbocycles. The van der Waals surface area contributed by atoms with Crippen molar-refractivity contribution in [2.24, 2.45) is 0 Å². The van der Waals surface area contributed by atoms with Gasteiger partial charge in [-0.2, -0.15) is 0 Å². The predicted octanol–water partition coefficient (Wildman–Crippen LogP) is 1.92. The number of hydrogen-bond acceptors (Lipinski definition) is 5. The molecule has 0 spiro atoms. The number of amides is 1. The molecule has 1 aliphatic rings. The standard InChI is InChI=1S/C20H28N4O4/c1-5-8-24-17-16(19(26)23-20(24)27)13(10-14(22-17)11(2)3)18(25)21-12(4)15-7-6-9-28-15/h10-12,15H,5-9H2,1-4H3,(H,21,25)(H,23,26,27). The van der Waals surface area contributed by atoms with Crippen LogP contribution in [0.3, 0.4) is 0 Å². The Hall–Kier alpha value is -2.48. The molecule has 1 aliphatic heterocycles. The minimum absolute atomic E-state index is 0.0295. The lowest BCUT2D eigenvalue weighted by molar-refractivity contribution is 0.0713. The van der Waals surface area contributed by atoms with Gasteiger partial charge >= 0.3 is 5.69 Å². The second-order valence-corrected chi connectivity index (χ2v) is 7.67. The molecule has 0 radical (unpaired) electrons. The summed E-state index contributed by atoms with van der Waals surface area (Å²) < 4.78 is 7.08. The van der Waals surface area contributed by atoms with Crippen LogP contribution in [0.2, 0.25) is 0 Å². The van der Waals surface area contributed by atoms with Crippen molar-refractivity contribution in [2.45, 2.75) is 71.6 Å². The molecule has 8 nitrogen and oxygen atoms in total. The topological polar surface area (TPSA) is 106 Å². The fourth-order valence-corrected chi connectivity index (χ4v) is 3.57. The number of aromatic nitrogens is 3. The predicted molar refractivity (Wildman–Crippen MR) is 107 cm³/mol. The van der Waals surface area contributed by atoms with E-state index in [0.29, 0.717) is 25.3 Å². The van der Waals surface area contributed by atoms with Crippen LogP contribution in [-0.4, -0.2) is 39.2 Å². The molecule has 8 heteroatoms. The number of nitrogens with one attached hydrogen (secondary N) is 2. The summed E-state index contributed by atoms with van der Waals surface area (Å²) >= 11 is 0. The molecule has 1 saturated heterocycles. The molecule has 2 aromatic rings. The summed E-state index contributed by atoms with van der Waals surface area (Å²) in [5.74, 6) is -0.319. The Kier molecular flexibility index (Phi) is 5.98. The van der Waals surface area contributed by atoms with Gasteiger partial charge in [-0.25, -0.2) is 9.78 Å². The number of aromatic amines is 1. The monoisotopic (exact) mass is 388 g/mol. The van der Waals surface area contributed by atoms with E-state index in [1.54, 1.807) is 6.07 Å². The third-order valence-corrected chi connectivity index (χ3v) is 5.13. The Morgan fingerprint density at radius 1 is 1.39 bits per heavy atom. The van der Waals surface area contributed by atoms with Crippen LogP contribution in [0.4, 0.5) is 0 Å². The van der Waals surface area contributed by atoms with Crippen LogP contribution in [0.25, 0.3) is 11.0 Å². The quantitative estimate of drug-likeness (QED) is 0.786. The summed E-state index contributed by atoms with van der Waals surface area (Å²) in [7, 11) is 0. The number of nitrogens with zero attached hydrogens (tertiary/aromatic N) is 2. The first-order valence-corrected chi connectivity index (χ1v) is 9.93. The highest BCUT2D eigenvalue weighted by Gasteiger charge is 2.26. The molecule has 2 aromatic heterocycles. The molecule has 2 unspecified atom stereocenters. The molecule has 0 saturated carbocycles. The highest BCUT2D eigenvalue weighted by atomic mass is 16.5. The van der Waals surface area contributed by atoms with E-state index >= 15 is 0 Å². The Balaban J connectivity index is 2.14. The maximum absolute atomic E-state index is 13.1. The van der Waals surface area contributed by atoms with Gasteiger partial charge in [-0.05, 0) is 38.2 Å². The average Bonchev–Trinajstić information content (AvgIpc) is 3.18. The average molecular weight is 388 g/mol. The normalized spacial score (nSPS) is 18.0. The zero-order valence-corrected chi connectivity index (χ0v) is 16.9. The molecule has 152 valence electrons. The largest absolute Gasteiger partial charge is 0.376 e. The van der Waals surface area contributed by atoms with Crippen molar-refractivity contribution >= 4 is 16.9 Å². The van der Waals surface area contributed by atoms with E-state index in [1.807, 2.05) is 27.7 Å². The lowest BCUT2D eigenvalue weighted by Crippen LogP contribution is -2.41. The van der Waals surface area contributed by atoms with Crippen molar-refractivity contribution in [2.75, 3.05) is 6.61 Å². The first-order chi connectivity index (χ1) is 13.3. The second kappa shape index (κ2) is 8.26. The van der Waals surface area contributed by atoms with Gasteiger partial charge in [0.1, 0.15) is 0 Å². The number of ether oxygens (including phenoxy) is 1. The third kappa shape index (κ3) is 3.87. The molecule has 28 heavy (non-hydrogen) atoms. The van der Waals surface area contributed by atoms with Crippen LogP contribution in [0, 0.1) is 0 Å². The summed E-state index contributed by atoms with van der Waals surface area (Å²) in [6, 6.07) is 1.47. The van der Waals surface area contributed by atoms with Crippen molar-refractivity contribution in [3.63, 3.8) is 0 Å². The molecule has 3 rings (SSSR count). The van der Waals surface area contributed by atoms with Gasteiger partial charge in [-0.15, -0.1) is 0 Å². The first kappa shape index (κ1) is 20.3. The minimum Gasteiger partial charge on any atom is -0.376 e. The minimum atomic E-state index is -0.593. The highest BCUT2D eigenvalue weighted by molar-refractivity contribution is 6.05. The first-order valence-electron chi connectivity index (χ1n) is 9.93. The molecule has 0 aliphatic carbocycles. The van der Waals surface area contributed by atoms with Crippen molar-refractivity contribution in [1.29, 1.82) is 0 Å². The number of H-pyrrole nitrogens is 1. The molecule has 3 heterocycles. The third-order valence-electron chi connectivity index (χ3n) is 5.13. The summed E-state index contributed by atoms with van der Waals surface area (Å²) in [4.78, 5) is 44.9. The number of fused-ring (bicyclic) bond motifs is 1. The molecule has 0 bridgehead atoms. The number of carbonyl (C=O) groups is 1. The van der Waals surface area contributed by atoms with Crippen LogP contribution in [-0.2, 0) is 11.3 Å². The van der Waals surface area contributed by atoms with E-state index in [4.69, 9.17) is 4.74 Å². The SMILES string of the molecule is CCCn1c(=O)[nH]c(=O)c2c(C(=O)NC(C)C3CCCO3)cc(C(C)C)nc21. The number of carbonyl (C=O) groups excluding carboxylic acids is 1. The van der Waals surface area contributed by atoms with Gasteiger partial charge in [0.15, 0.2) is 5.65 Å². The Morgan fingerprint density at radius 2 is 2.14 bits per heavy atom. The van der Waals surface area contributed by atoms with Gasteiger partial charge in [0.25, 0.3) is 11.5 Å². The van der Waals surface area contributed by atoms with Crippen molar-refractivity contribution in [3.05, 3.63) is 38.2 Å². The van der Waals surface area contributed by atoms with Crippen LogP contribution < -0.4 is 16.6 Å². The van der Waals surface area contributed by atoms with Gasteiger partial charge in [0.05, 0.1) is 23.1 Å². The number of hydrogen-bond donors (Lipinski definition) is 2. The van der Waals surface area contributed by atoms with Crippen molar-refractivity contribution in [1.82, 2.24) is 19.9 Å². The van der Waals surface area contributed by atoms with Gasteiger partial charge in [-0.3, -0.25) is 19.1 Å². The molecular formula is C20H28N4O4. The van der Waals surface area contributed by atoms with E-state index in [0.717, 1.165) is 12.8 Å². The van der Waals surface area contributed by atoms with E-state index < -0.39 is 11.2 Å². The molecule has 2 N–H and O–H groups in total. The zero-order valence-electron chi connectivity index (χ0n) is 16.9. The van der Waals surface area contributed by atoms with E-state index in [2.05, 4.69) is 15.3 Å². The van der Waals surface area contributed by atoms with Crippen molar-refractivity contribution < 1.29 is 9.53 Å². The smallest absolute Gasteiger partial charge is 0.329 e. The highest BCUT2D eigenvalue weighted by Crippen LogP contribution is 2.21. The number of rotatable bonds is 6. The molecular weight excluding hydrogens is 360 g/mol. The summed E-state index contributed by atoms with van der Waals surface area (Å²) in [5, 5.41) is 3.11. The lowest BCUT2D eigenvalue weighted by atomic mass is 10.0. The Morgan fingerprint density at radius 3 is 2.75 bits per heavy atom. The van der Waals surface area contributed by atoms with E-state index in [-0.39, 0.29) is 40.6 Å². The fourth-order valence-electron chi connectivity index (χ4n) is 3.57. The fraction of sp³-hybridized carbons (Fsp3) is 0.600. The van der Waals surface area contributed by atoms with E-state index in [1.165, 1.54) is 4.57 Å². The van der Waals surface area contributed by atoms with Gasteiger partial charge in [0, 0.05) is 18.8 Å². The summed E-state index contributed by atoms with van der Waals surface area (Å²) in [5.41, 5.74) is 0.0653. The Bertz CT molecular complexity index is 986. The lowest BCUT2D eigenvalue weighted by Gasteiger charge is -2.21. The zero-order chi connectivity index (χ0) is 20.4. The molecule has 1 fully saturated rings. The maximum Gasteiger partial charge on any atom is 0.329 e. The van der Waals surface area contributed by atoms with Crippen LogP contribution in [0.1, 0.15) is 68.9 Å². The summed E-state index contributed by atoms with van der Waals surface area (Å²) in [6.07, 6.45) is 2.54. The second-order valence-electron chi connectivity index (χ2n) is 7.67. The van der Waals surface area contributed by atoms with Crippen molar-refractivity contribution in [3.8, 4) is 0 Å². The van der Waals surface area contributed by atoms with E-state index in [9.17, 15) is 14.4 Å². The maximum atomic E-state index is 13.1. The van der Waals surface area contributed by atoms with Crippen LogP contribution in [0.5, 0.6) is 0 Å². The van der Waals surface area contributed by atoms with Crippen LogP contribution in [0.15, 0.2) is 15.7 Å². The van der Waals surface area contributed by atoms with Crippen LogP contribution >= 0.6 is 0 Å². The molecule has 1 amide bonds. The number of pyridine rings is 1. The summed E-state index contributed by atoms with van der Waals surface area (Å²) in [6.45, 7) is 8.86. The van der Waals surface area contributed by atoms with Gasteiger partial charge in [0.2, 0.25) is 0 Å². The molecule has 2 atom stereocenters. The van der Waals surface area contributed by atoms with Gasteiger partial charge in [-0.1, -0.05) is 20.8 Å². The van der Waals surface area contributed by atoms with Gasteiger partial charge < -0.3 is 10.1 Å².